The molecular weight excluding hydrogens is 356 g/mol. The number of aromatic nitrogens is 1. The summed E-state index contributed by atoms with van der Waals surface area (Å²) in [5.41, 5.74) is 1.87. The quantitative estimate of drug-likeness (QED) is 0.758. The zero-order chi connectivity index (χ0) is 19.8. The fourth-order valence-corrected chi connectivity index (χ4v) is 3.30. The van der Waals surface area contributed by atoms with Crippen molar-refractivity contribution in [3.63, 3.8) is 0 Å². The number of carbonyl (C=O) groups excluding carboxylic acids is 1. The van der Waals surface area contributed by atoms with E-state index >= 15 is 0 Å². The Labute approximate surface area is 166 Å². The monoisotopic (exact) mass is 386 g/mol. The molecular formula is C21H30N4O3. The first-order valence-electron chi connectivity index (χ1n) is 9.76. The van der Waals surface area contributed by atoms with E-state index in [-0.39, 0.29) is 6.03 Å². The van der Waals surface area contributed by atoms with Crippen LogP contribution in [-0.2, 0) is 18.3 Å². The summed E-state index contributed by atoms with van der Waals surface area (Å²) >= 11 is 0. The molecule has 1 aromatic carbocycles. The predicted molar refractivity (Wildman–Crippen MR) is 110 cm³/mol. The second kappa shape index (κ2) is 10.1. The van der Waals surface area contributed by atoms with Crippen LogP contribution in [0.1, 0.15) is 12.1 Å². The van der Waals surface area contributed by atoms with Crippen LogP contribution in [0.15, 0.2) is 42.6 Å². The number of rotatable bonds is 8. The summed E-state index contributed by atoms with van der Waals surface area (Å²) in [5.74, 6) is 0.768. The maximum atomic E-state index is 12.9. The number of morpholine rings is 1. The van der Waals surface area contributed by atoms with E-state index in [4.69, 9.17) is 9.47 Å². The number of amides is 2. The van der Waals surface area contributed by atoms with Gasteiger partial charge >= 0.3 is 6.03 Å². The molecule has 2 heterocycles. The lowest BCUT2D eigenvalue weighted by atomic mass is 10.3. The standard InChI is InChI=1S/C21H30N4O3/c1-23-10-3-5-19(23)17-25(12-4-11-24-13-15-28-16-14-24)21(26)22-18-6-8-20(27-2)9-7-18/h3,5-10H,4,11-17H2,1-2H3,(H,22,26). The van der Waals surface area contributed by atoms with Gasteiger partial charge in [-0.3, -0.25) is 4.90 Å². The number of benzene rings is 1. The van der Waals surface area contributed by atoms with Gasteiger partial charge in [0.1, 0.15) is 5.75 Å². The van der Waals surface area contributed by atoms with Crippen LogP contribution in [-0.4, -0.2) is 66.9 Å². The summed E-state index contributed by atoms with van der Waals surface area (Å²) in [7, 11) is 3.63. The molecule has 0 radical (unpaired) electrons. The first-order valence-corrected chi connectivity index (χ1v) is 9.76. The lowest BCUT2D eigenvalue weighted by Gasteiger charge is -2.28. The second-order valence-electron chi connectivity index (χ2n) is 7.00. The molecule has 0 atom stereocenters. The molecule has 152 valence electrons. The summed E-state index contributed by atoms with van der Waals surface area (Å²) in [6, 6.07) is 11.4. The number of nitrogens with one attached hydrogen (secondary N) is 1. The van der Waals surface area contributed by atoms with Gasteiger partial charge in [0.25, 0.3) is 0 Å². The molecule has 2 aromatic rings. The van der Waals surface area contributed by atoms with E-state index in [0.717, 1.165) is 56.4 Å². The van der Waals surface area contributed by atoms with E-state index in [2.05, 4.69) is 20.9 Å². The number of ether oxygens (including phenoxy) is 2. The number of hydrogen-bond donors (Lipinski definition) is 1. The lowest BCUT2D eigenvalue weighted by molar-refractivity contribution is 0.0365. The Balaban J connectivity index is 1.60. The molecule has 1 saturated heterocycles. The number of nitrogens with zero attached hydrogens (tertiary/aromatic N) is 3. The van der Waals surface area contributed by atoms with Crippen molar-refractivity contribution in [2.24, 2.45) is 7.05 Å². The minimum absolute atomic E-state index is 0.0895. The van der Waals surface area contributed by atoms with E-state index in [1.54, 1.807) is 7.11 Å². The van der Waals surface area contributed by atoms with E-state index < -0.39 is 0 Å². The Kier molecular flexibility index (Phi) is 7.33. The molecule has 1 aromatic heterocycles. The van der Waals surface area contributed by atoms with Crippen molar-refractivity contribution in [1.82, 2.24) is 14.4 Å². The van der Waals surface area contributed by atoms with Crippen LogP contribution in [0.25, 0.3) is 0 Å². The average molecular weight is 386 g/mol. The minimum Gasteiger partial charge on any atom is -0.497 e. The van der Waals surface area contributed by atoms with E-state index in [1.807, 2.05) is 48.5 Å². The van der Waals surface area contributed by atoms with Crippen LogP contribution in [0.3, 0.4) is 0 Å². The second-order valence-corrected chi connectivity index (χ2v) is 7.00. The molecule has 1 aliphatic heterocycles. The smallest absolute Gasteiger partial charge is 0.322 e. The highest BCUT2D eigenvalue weighted by molar-refractivity contribution is 5.89. The van der Waals surface area contributed by atoms with Gasteiger partial charge in [-0.25, -0.2) is 4.79 Å². The van der Waals surface area contributed by atoms with Gasteiger partial charge in [0.15, 0.2) is 0 Å². The van der Waals surface area contributed by atoms with Crippen molar-refractivity contribution in [3.8, 4) is 5.75 Å². The highest BCUT2D eigenvalue weighted by Crippen LogP contribution is 2.16. The number of anilines is 1. The maximum Gasteiger partial charge on any atom is 0.322 e. The molecule has 28 heavy (non-hydrogen) atoms. The Morgan fingerprint density at radius 2 is 1.96 bits per heavy atom. The zero-order valence-corrected chi connectivity index (χ0v) is 16.8. The molecule has 3 rings (SSSR count). The van der Waals surface area contributed by atoms with Crippen LogP contribution in [0, 0.1) is 0 Å². The summed E-state index contributed by atoms with van der Waals surface area (Å²) in [6.45, 7) is 5.78. The molecule has 1 N–H and O–H groups in total. The largest absolute Gasteiger partial charge is 0.497 e. The highest BCUT2D eigenvalue weighted by atomic mass is 16.5. The van der Waals surface area contributed by atoms with Crippen LogP contribution in [0.2, 0.25) is 0 Å². The Morgan fingerprint density at radius 1 is 1.21 bits per heavy atom. The van der Waals surface area contributed by atoms with Gasteiger partial charge in [0, 0.05) is 50.8 Å². The number of carbonyl (C=O) groups is 1. The molecule has 1 fully saturated rings. The predicted octanol–water partition coefficient (Wildman–Crippen LogP) is 2.79. The summed E-state index contributed by atoms with van der Waals surface area (Å²) in [5, 5.41) is 3.00. The lowest BCUT2D eigenvalue weighted by Crippen LogP contribution is -2.40. The van der Waals surface area contributed by atoms with Gasteiger partial charge < -0.3 is 24.3 Å². The molecule has 0 saturated carbocycles. The first-order chi connectivity index (χ1) is 13.7. The third-order valence-corrected chi connectivity index (χ3v) is 5.04. The highest BCUT2D eigenvalue weighted by Gasteiger charge is 2.17. The van der Waals surface area contributed by atoms with Crippen LogP contribution in [0.5, 0.6) is 5.75 Å². The fourth-order valence-electron chi connectivity index (χ4n) is 3.30. The third kappa shape index (κ3) is 5.74. The molecule has 7 nitrogen and oxygen atoms in total. The zero-order valence-electron chi connectivity index (χ0n) is 16.8. The Morgan fingerprint density at radius 3 is 2.61 bits per heavy atom. The molecule has 0 unspecified atom stereocenters. The van der Waals surface area contributed by atoms with E-state index in [9.17, 15) is 4.79 Å². The SMILES string of the molecule is COc1ccc(NC(=O)N(CCCN2CCOCC2)Cc2cccn2C)cc1. The number of methoxy groups -OCH3 is 1. The molecule has 2 amide bonds. The third-order valence-electron chi connectivity index (χ3n) is 5.04. The topological polar surface area (TPSA) is 59.0 Å². The number of urea groups is 1. The molecule has 0 spiro atoms. The summed E-state index contributed by atoms with van der Waals surface area (Å²) in [6.07, 6.45) is 2.93. The van der Waals surface area contributed by atoms with E-state index in [1.165, 1.54) is 0 Å². The maximum absolute atomic E-state index is 12.9. The van der Waals surface area contributed by atoms with Crippen LogP contribution in [0.4, 0.5) is 10.5 Å². The molecule has 0 aliphatic carbocycles. The fraction of sp³-hybridized carbons (Fsp3) is 0.476. The first kappa shape index (κ1) is 20.2. The van der Waals surface area contributed by atoms with Crippen LogP contribution >= 0.6 is 0 Å². The van der Waals surface area contributed by atoms with E-state index in [0.29, 0.717) is 13.1 Å². The summed E-state index contributed by atoms with van der Waals surface area (Å²) in [4.78, 5) is 17.2. The van der Waals surface area contributed by atoms with Crippen molar-refractivity contribution in [2.45, 2.75) is 13.0 Å². The van der Waals surface area contributed by atoms with Crippen molar-refractivity contribution in [2.75, 3.05) is 51.8 Å². The van der Waals surface area contributed by atoms with Crippen molar-refractivity contribution in [3.05, 3.63) is 48.3 Å². The van der Waals surface area contributed by atoms with Crippen molar-refractivity contribution in [1.29, 1.82) is 0 Å². The molecule has 1 aliphatic rings. The molecule has 7 heteroatoms. The number of hydrogen-bond acceptors (Lipinski definition) is 4. The van der Waals surface area contributed by atoms with Gasteiger partial charge in [0.05, 0.1) is 26.9 Å². The normalized spacial score (nSPS) is 14.6. The molecule has 0 bridgehead atoms. The average Bonchev–Trinajstić information content (AvgIpc) is 3.13. The van der Waals surface area contributed by atoms with Gasteiger partial charge in [-0.05, 0) is 42.8 Å². The van der Waals surface area contributed by atoms with Crippen molar-refractivity contribution >= 4 is 11.7 Å². The van der Waals surface area contributed by atoms with Gasteiger partial charge in [-0.15, -0.1) is 0 Å². The number of aryl methyl sites for hydroxylation is 1. The van der Waals surface area contributed by atoms with Crippen molar-refractivity contribution < 1.29 is 14.3 Å². The van der Waals surface area contributed by atoms with Crippen LogP contribution < -0.4 is 10.1 Å². The Hall–Kier alpha value is -2.51. The van der Waals surface area contributed by atoms with Gasteiger partial charge in [-0.2, -0.15) is 0 Å². The van der Waals surface area contributed by atoms with Gasteiger partial charge in [-0.1, -0.05) is 0 Å². The minimum atomic E-state index is -0.0895. The summed E-state index contributed by atoms with van der Waals surface area (Å²) < 4.78 is 12.6. The van der Waals surface area contributed by atoms with Gasteiger partial charge in [0.2, 0.25) is 0 Å². The Bertz CT molecular complexity index is 738.